The summed E-state index contributed by atoms with van der Waals surface area (Å²) in [5.41, 5.74) is 8.42. The number of carbonyl (C=O) groups excluding carboxylic acids is 1. The molecule has 0 aliphatic rings. The Morgan fingerprint density at radius 3 is 2.30 bits per heavy atom. The van der Waals surface area contributed by atoms with Crippen molar-refractivity contribution in [2.24, 2.45) is 5.10 Å². The van der Waals surface area contributed by atoms with Gasteiger partial charge in [-0.05, 0) is 78.9 Å². The van der Waals surface area contributed by atoms with Crippen molar-refractivity contribution in [2.45, 2.75) is 27.3 Å². The van der Waals surface area contributed by atoms with Gasteiger partial charge in [0.1, 0.15) is 0 Å². The molecule has 3 aromatic carbocycles. The maximum atomic E-state index is 12.5. The smallest absolute Gasteiger partial charge is 0.267 e. The van der Waals surface area contributed by atoms with Gasteiger partial charge in [-0.25, -0.2) is 13.8 Å². The van der Waals surface area contributed by atoms with Crippen molar-refractivity contribution in [3.8, 4) is 0 Å². The maximum absolute atomic E-state index is 12.5. The van der Waals surface area contributed by atoms with Crippen LogP contribution in [-0.4, -0.2) is 26.8 Å². The molecule has 3 aromatic rings. The first kappa shape index (κ1) is 24.5. The molecule has 33 heavy (non-hydrogen) atoms. The van der Waals surface area contributed by atoms with Crippen molar-refractivity contribution >= 4 is 39.4 Å². The summed E-state index contributed by atoms with van der Waals surface area (Å²) >= 11 is 6.20. The van der Waals surface area contributed by atoms with E-state index in [1.807, 2.05) is 32.9 Å². The summed E-state index contributed by atoms with van der Waals surface area (Å²) in [5, 5.41) is 4.55. The van der Waals surface area contributed by atoms with Crippen LogP contribution in [0, 0.1) is 20.8 Å². The van der Waals surface area contributed by atoms with Crippen molar-refractivity contribution in [3.63, 3.8) is 0 Å². The van der Waals surface area contributed by atoms with E-state index < -0.39 is 15.9 Å². The van der Waals surface area contributed by atoms with E-state index in [4.69, 9.17) is 11.6 Å². The number of hydrogen-bond acceptors (Lipinski definition) is 4. The normalized spacial score (nSPS) is 11.5. The van der Waals surface area contributed by atoms with Crippen LogP contribution in [0.3, 0.4) is 0 Å². The topological polar surface area (TPSA) is 78.8 Å². The average molecular weight is 484 g/mol. The van der Waals surface area contributed by atoms with Gasteiger partial charge >= 0.3 is 0 Å². The van der Waals surface area contributed by atoms with Crippen molar-refractivity contribution in [3.05, 3.63) is 99.1 Å². The average Bonchev–Trinajstić information content (AvgIpc) is 2.78. The van der Waals surface area contributed by atoms with Gasteiger partial charge in [-0.1, -0.05) is 41.9 Å². The van der Waals surface area contributed by atoms with Crippen LogP contribution >= 0.6 is 11.6 Å². The van der Waals surface area contributed by atoms with Gasteiger partial charge in [-0.2, -0.15) is 5.10 Å². The lowest BCUT2D eigenvalue weighted by atomic mass is 10.00. The van der Waals surface area contributed by atoms with E-state index in [-0.39, 0.29) is 6.54 Å². The first-order valence-electron chi connectivity index (χ1n) is 10.3. The zero-order valence-corrected chi connectivity index (χ0v) is 20.5. The number of rotatable bonds is 7. The van der Waals surface area contributed by atoms with Gasteiger partial charge in [0, 0.05) is 10.6 Å². The van der Waals surface area contributed by atoms with Gasteiger partial charge in [0.25, 0.3) is 5.91 Å². The monoisotopic (exact) mass is 483 g/mol. The maximum Gasteiger partial charge on any atom is 0.271 e. The highest BCUT2D eigenvalue weighted by atomic mass is 35.5. The molecule has 0 aliphatic carbocycles. The molecule has 1 N–H and O–H groups in total. The van der Waals surface area contributed by atoms with E-state index in [1.165, 1.54) is 15.4 Å². The third-order valence-corrected chi connectivity index (χ3v) is 7.07. The molecule has 6 nitrogen and oxygen atoms in total. The minimum atomic E-state index is -3.57. The van der Waals surface area contributed by atoms with Crippen LogP contribution in [0.1, 0.15) is 38.2 Å². The summed E-state index contributed by atoms with van der Waals surface area (Å²) < 4.78 is 26.0. The Morgan fingerprint density at radius 1 is 1.00 bits per heavy atom. The van der Waals surface area contributed by atoms with E-state index >= 15 is 0 Å². The van der Waals surface area contributed by atoms with Crippen LogP contribution in [0.5, 0.6) is 0 Å². The molecule has 0 bridgehead atoms. The molecule has 8 heteroatoms. The highest BCUT2D eigenvalue weighted by Crippen LogP contribution is 2.24. The van der Waals surface area contributed by atoms with Gasteiger partial charge in [0.2, 0.25) is 10.0 Å². The molecule has 172 valence electrons. The van der Waals surface area contributed by atoms with Crippen LogP contribution in [0.2, 0.25) is 5.02 Å². The Hall–Kier alpha value is -3.16. The Bertz CT molecular complexity index is 1300. The number of nitrogens with one attached hydrogen (secondary N) is 1. The second kappa shape index (κ2) is 10.2. The standard InChI is InChI=1S/C25H26ClN3O3S/c1-17-9-10-21(19(3)18(17)2)15-27-28-25(30)20-11-13-23(14-12-20)29(33(4,31)32)16-22-7-5-6-8-24(22)26/h5-15H,16H2,1-4H3,(H,28,30)/b27-15+. The molecule has 0 saturated heterocycles. The van der Waals surface area contributed by atoms with Crippen LogP contribution in [0.4, 0.5) is 5.69 Å². The molecular formula is C25H26ClN3O3S. The molecule has 1 amide bonds. The third kappa shape index (κ3) is 6.00. The number of hydrazone groups is 1. The van der Waals surface area contributed by atoms with Crippen LogP contribution < -0.4 is 9.73 Å². The van der Waals surface area contributed by atoms with Crippen LogP contribution in [0.25, 0.3) is 0 Å². The second-order valence-corrected chi connectivity index (χ2v) is 10.1. The second-order valence-electron chi connectivity index (χ2n) is 7.83. The molecule has 0 aliphatic heterocycles. The molecule has 0 atom stereocenters. The Morgan fingerprint density at radius 2 is 1.67 bits per heavy atom. The lowest BCUT2D eigenvalue weighted by Crippen LogP contribution is -2.29. The minimum absolute atomic E-state index is 0.0870. The van der Waals surface area contributed by atoms with Crippen molar-refractivity contribution in [2.75, 3.05) is 10.6 Å². The molecule has 0 heterocycles. The van der Waals surface area contributed by atoms with Gasteiger partial charge in [0.05, 0.1) is 24.7 Å². The molecule has 0 radical (unpaired) electrons. The molecule has 0 aromatic heterocycles. The van der Waals surface area contributed by atoms with E-state index in [1.54, 1.807) is 54.7 Å². The number of hydrogen-bond donors (Lipinski definition) is 1. The van der Waals surface area contributed by atoms with Gasteiger partial charge in [-0.3, -0.25) is 9.10 Å². The van der Waals surface area contributed by atoms with Gasteiger partial charge in [0.15, 0.2) is 0 Å². The Kier molecular flexibility index (Phi) is 7.56. The van der Waals surface area contributed by atoms with Crippen molar-refractivity contribution in [1.82, 2.24) is 5.43 Å². The quantitative estimate of drug-likeness (QED) is 0.379. The molecule has 0 fully saturated rings. The zero-order valence-electron chi connectivity index (χ0n) is 19.0. The molecular weight excluding hydrogens is 458 g/mol. The number of halogens is 1. The first-order valence-corrected chi connectivity index (χ1v) is 12.5. The first-order chi connectivity index (χ1) is 15.6. The number of aryl methyl sites for hydroxylation is 1. The third-order valence-electron chi connectivity index (χ3n) is 5.56. The predicted octanol–water partition coefficient (Wildman–Crippen LogP) is 5.00. The van der Waals surface area contributed by atoms with Gasteiger partial charge < -0.3 is 0 Å². The fraction of sp³-hybridized carbons (Fsp3) is 0.200. The summed E-state index contributed by atoms with van der Waals surface area (Å²) in [6.45, 7) is 6.20. The van der Waals surface area contributed by atoms with E-state index in [0.29, 0.717) is 21.8 Å². The van der Waals surface area contributed by atoms with Crippen molar-refractivity contribution < 1.29 is 13.2 Å². The van der Waals surface area contributed by atoms with Crippen LogP contribution in [-0.2, 0) is 16.6 Å². The summed E-state index contributed by atoms with van der Waals surface area (Å²) in [6, 6.07) is 17.3. The highest BCUT2D eigenvalue weighted by molar-refractivity contribution is 7.92. The van der Waals surface area contributed by atoms with Gasteiger partial charge in [-0.15, -0.1) is 0 Å². The summed E-state index contributed by atoms with van der Waals surface area (Å²) in [5.74, 6) is -0.392. The minimum Gasteiger partial charge on any atom is -0.267 e. The lowest BCUT2D eigenvalue weighted by molar-refractivity contribution is 0.0955. The molecule has 0 spiro atoms. The fourth-order valence-electron chi connectivity index (χ4n) is 3.30. The Balaban J connectivity index is 1.74. The fourth-order valence-corrected chi connectivity index (χ4v) is 4.38. The molecule has 3 rings (SSSR count). The number of benzene rings is 3. The predicted molar refractivity (Wildman–Crippen MR) is 135 cm³/mol. The highest BCUT2D eigenvalue weighted by Gasteiger charge is 2.19. The molecule has 0 saturated carbocycles. The van der Waals surface area contributed by atoms with E-state index in [2.05, 4.69) is 10.5 Å². The largest absolute Gasteiger partial charge is 0.271 e. The Labute approximate surface area is 200 Å². The summed E-state index contributed by atoms with van der Waals surface area (Å²) in [6.07, 6.45) is 2.75. The number of anilines is 1. The van der Waals surface area contributed by atoms with E-state index in [9.17, 15) is 13.2 Å². The number of carbonyl (C=O) groups is 1. The SMILES string of the molecule is Cc1ccc(/C=N/NC(=O)c2ccc(N(Cc3ccccc3Cl)S(C)(=O)=O)cc2)c(C)c1C. The van der Waals surface area contributed by atoms with Crippen LogP contribution in [0.15, 0.2) is 65.8 Å². The lowest BCUT2D eigenvalue weighted by Gasteiger charge is -2.23. The summed E-state index contributed by atoms with van der Waals surface area (Å²) in [7, 11) is -3.57. The summed E-state index contributed by atoms with van der Waals surface area (Å²) in [4.78, 5) is 12.5. The molecule has 0 unspecified atom stereocenters. The number of nitrogens with zero attached hydrogens (tertiary/aromatic N) is 2. The van der Waals surface area contributed by atoms with E-state index in [0.717, 1.165) is 17.4 Å². The number of amides is 1. The zero-order chi connectivity index (χ0) is 24.2. The number of sulfonamides is 1. The van der Waals surface area contributed by atoms with Crippen molar-refractivity contribution in [1.29, 1.82) is 0 Å².